The minimum atomic E-state index is -0.739. The van der Waals surface area contributed by atoms with Gasteiger partial charge in [0.2, 0.25) is 0 Å². The Morgan fingerprint density at radius 3 is 2.27 bits per heavy atom. The van der Waals surface area contributed by atoms with Crippen LogP contribution in [0.15, 0.2) is 12.1 Å². The van der Waals surface area contributed by atoms with Crippen LogP contribution in [0, 0.1) is 11.3 Å². The molecule has 1 amide bonds. The van der Waals surface area contributed by atoms with Gasteiger partial charge in [-0.05, 0) is 65.6 Å². The molecular formula is C22H31BN2O5. The highest BCUT2D eigenvalue weighted by Crippen LogP contribution is 2.44. The van der Waals surface area contributed by atoms with Gasteiger partial charge in [-0.3, -0.25) is 4.90 Å². The molecule has 0 aromatic heterocycles. The van der Waals surface area contributed by atoms with E-state index in [-0.39, 0.29) is 13.2 Å². The van der Waals surface area contributed by atoms with Crippen molar-refractivity contribution >= 4 is 24.4 Å². The topological polar surface area (TPSA) is 92.0 Å². The molecule has 0 bridgehead atoms. The second-order valence-electron chi connectivity index (χ2n) is 10.4. The van der Waals surface area contributed by atoms with Crippen LogP contribution in [0.5, 0.6) is 0 Å². The maximum atomic E-state index is 12.9. The fourth-order valence-electron chi connectivity index (χ4n) is 3.73. The molecule has 2 aliphatic rings. The van der Waals surface area contributed by atoms with Gasteiger partial charge in [0, 0.05) is 12.0 Å². The van der Waals surface area contributed by atoms with Gasteiger partial charge in [-0.15, -0.1) is 0 Å². The largest absolute Gasteiger partial charge is 0.494 e. The number of nitrogens with zero attached hydrogens (tertiary/aromatic N) is 2. The van der Waals surface area contributed by atoms with Crippen LogP contribution in [-0.2, 0) is 19.5 Å². The normalized spacial score (nSPS) is 24.5. The van der Waals surface area contributed by atoms with E-state index in [4.69, 9.17) is 14.0 Å². The quantitative estimate of drug-likeness (QED) is 0.749. The third kappa shape index (κ3) is 3.71. The van der Waals surface area contributed by atoms with Gasteiger partial charge in [-0.2, -0.15) is 5.26 Å². The highest BCUT2D eigenvalue weighted by atomic mass is 16.7. The molecule has 0 spiro atoms. The standard InChI is InChI=1S/C22H31BN2O5/c1-19(2,3)28-18(27)25-12-22(8,13-26)16-10-15(9-14(11-24)17(16)25)23-29-20(4,5)21(6,7)30-23/h9-10,26H,12-13H2,1-8H3/t22-/m1/s1. The van der Waals surface area contributed by atoms with Gasteiger partial charge in [0.15, 0.2) is 0 Å². The maximum absolute atomic E-state index is 12.9. The number of carbonyl (C=O) groups excluding carboxylic acids is 1. The number of anilines is 1. The number of fused-ring (bicyclic) bond motifs is 1. The fourth-order valence-corrected chi connectivity index (χ4v) is 3.73. The van der Waals surface area contributed by atoms with Crippen LogP contribution >= 0.6 is 0 Å². The molecule has 2 heterocycles. The van der Waals surface area contributed by atoms with Crippen LogP contribution in [-0.4, -0.2) is 48.3 Å². The average Bonchev–Trinajstić information content (AvgIpc) is 3.04. The van der Waals surface area contributed by atoms with Crippen molar-refractivity contribution in [2.45, 2.75) is 77.6 Å². The minimum absolute atomic E-state index is 0.184. The van der Waals surface area contributed by atoms with Crippen LogP contribution < -0.4 is 10.4 Å². The van der Waals surface area contributed by atoms with E-state index in [9.17, 15) is 15.2 Å². The lowest BCUT2D eigenvalue weighted by Crippen LogP contribution is -2.41. The zero-order valence-electron chi connectivity index (χ0n) is 19.1. The van der Waals surface area contributed by atoms with Crippen LogP contribution in [0.3, 0.4) is 0 Å². The predicted molar refractivity (Wildman–Crippen MR) is 115 cm³/mol. The molecule has 1 saturated heterocycles. The summed E-state index contributed by atoms with van der Waals surface area (Å²) in [5, 5.41) is 20.0. The lowest BCUT2D eigenvalue weighted by Gasteiger charge is -2.32. The summed E-state index contributed by atoms with van der Waals surface area (Å²) in [6.07, 6.45) is -0.541. The van der Waals surface area contributed by atoms with Gasteiger partial charge in [0.05, 0.1) is 29.1 Å². The van der Waals surface area contributed by atoms with Gasteiger partial charge >= 0.3 is 13.2 Å². The van der Waals surface area contributed by atoms with Crippen LogP contribution in [0.2, 0.25) is 0 Å². The van der Waals surface area contributed by atoms with Gasteiger partial charge in [-0.25, -0.2) is 4.79 Å². The number of aliphatic hydroxyl groups is 1. The Morgan fingerprint density at radius 1 is 1.23 bits per heavy atom. The van der Waals surface area contributed by atoms with Crippen molar-refractivity contribution < 1.29 is 23.9 Å². The molecule has 0 saturated carbocycles. The SMILES string of the molecule is CC(C)(C)OC(=O)N1C[C@](C)(CO)c2cc(B3OC(C)(C)C(C)(C)O3)cc(C#N)c21. The Bertz CT molecular complexity index is 899. The number of amides is 1. The molecule has 1 N–H and O–H groups in total. The van der Waals surface area contributed by atoms with E-state index in [1.165, 1.54) is 4.90 Å². The number of hydrogen-bond acceptors (Lipinski definition) is 6. The first-order chi connectivity index (χ1) is 13.6. The van der Waals surface area contributed by atoms with Crippen molar-refractivity contribution in [3.63, 3.8) is 0 Å². The summed E-state index contributed by atoms with van der Waals surface area (Å²) in [4.78, 5) is 14.3. The van der Waals surface area contributed by atoms with Gasteiger partial charge in [-0.1, -0.05) is 13.0 Å². The summed E-state index contributed by atoms with van der Waals surface area (Å²) in [6.45, 7) is 15.1. The number of ether oxygens (including phenoxy) is 1. The summed E-state index contributed by atoms with van der Waals surface area (Å²) in [5.74, 6) is 0. The Labute approximate surface area is 179 Å². The lowest BCUT2D eigenvalue weighted by molar-refractivity contribution is 0.00578. The summed E-state index contributed by atoms with van der Waals surface area (Å²) >= 11 is 0. The van der Waals surface area contributed by atoms with E-state index < -0.39 is 35.4 Å². The number of hydrogen-bond donors (Lipinski definition) is 1. The number of aliphatic hydroxyl groups excluding tert-OH is 1. The van der Waals surface area contributed by atoms with Gasteiger partial charge in [0.25, 0.3) is 0 Å². The van der Waals surface area contributed by atoms with Crippen molar-refractivity contribution in [1.29, 1.82) is 5.26 Å². The smallest absolute Gasteiger partial charge is 0.443 e. The Kier molecular flexibility index (Phi) is 5.26. The summed E-state index contributed by atoms with van der Waals surface area (Å²) in [7, 11) is -0.647. The molecule has 162 valence electrons. The Morgan fingerprint density at radius 2 is 1.80 bits per heavy atom. The molecule has 0 aliphatic carbocycles. The van der Waals surface area contributed by atoms with E-state index in [1.54, 1.807) is 26.8 Å². The van der Waals surface area contributed by atoms with Crippen molar-refractivity contribution in [2.24, 2.45) is 0 Å². The van der Waals surface area contributed by atoms with E-state index in [0.717, 1.165) is 0 Å². The molecule has 1 atom stereocenters. The fraction of sp³-hybridized carbons (Fsp3) is 0.636. The Balaban J connectivity index is 2.10. The van der Waals surface area contributed by atoms with Crippen LogP contribution in [0.1, 0.15) is 66.5 Å². The third-order valence-electron chi connectivity index (χ3n) is 6.17. The number of nitriles is 1. The average molecular weight is 414 g/mol. The molecule has 1 fully saturated rings. The van der Waals surface area contributed by atoms with Gasteiger partial charge < -0.3 is 19.2 Å². The highest BCUT2D eigenvalue weighted by Gasteiger charge is 2.53. The second kappa shape index (κ2) is 6.98. The van der Waals surface area contributed by atoms with Crippen molar-refractivity contribution in [3.05, 3.63) is 23.3 Å². The molecule has 1 aromatic carbocycles. The first-order valence-electron chi connectivity index (χ1n) is 10.2. The zero-order chi connectivity index (χ0) is 22.7. The minimum Gasteiger partial charge on any atom is -0.443 e. The first kappa shape index (κ1) is 22.6. The molecule has 7 nitrogen and oxygen atoms in total. The lowest BCUT2D eigenvalue weighted by atomic mass is 9.74. The zero-order valence-corrected chi connectivity index (χ0v) is 19.1. The van der Waals surface area contributed by atoms with Crippen molar-refractivity contribution in [2.75, 3.05) is 18.1 Å². The summed E-state index contributed by atoms with van der Waals surface area (Å²) in [6, 6.07) is 5.77. The van der Waals surface area contributed by atoms with E-state index >= 15 is 0 Å². The van der Waals surface area contributed by atoms with Crippen LogP contribution in [0.4, 0.5) is 10.5 Å². The van der Waals surface area contributed by atoms with E-state index in [2.05, 4.69) is 6.07 Å². The van der Waals surface area contributed by atoms with Crippen LogP contribution in [0.25, 0.3) is 0 Å². The molecule has 3 rings (SSSR count). The summed E-state index contributed by atoms with van der Waals surface area (Å²) in [5.41, 5.74) is -0.265. The molecule has 1 aromatic rings. The molecule has 2 aliphatic heterocycles. The molecular weight excluding hydrogens is 383 g/mol. The second-order valence-corrected chi connectivity index (χ2v) is 10.4. The van der Waals surface area contributed by atoms with Crippen molar-refractivity contribution in [1.82, 2.24) is 0 Å². The maximum Gasteiger partial charge on any atom is 0.494 e. The number of rotatable bonds is 2. The van der Waals surface area contributed by atoms with Gasteiger partial charge in [0.1, 0.15) is 11.7 Å². The molecule has 0 unspecified atom stereocenters. The first-order valence-corrected chi connectivity index (χ1v) is 10.2. The van der Waals surface area contributed by atoms with E-state index in [0.29, 0.717) is 22.3 Å². The monoisotopic (exact) mass is 414 g/mol. The van der Waals surface area contributed by atoms with E-state index in [1.807, 2.05) is 40.7 Å². The van der Waals surface area contributed by atoms with Crippen molar-refractivity contribution in [3.8, 4) is 6.07 Å². The predicted octanol–water partition coefficient (Wildman–Crippen LogP) is 2.86. The molecule has 8 heteroatoms. The Hall–Kier alpha value is -2.08. The molecule has 0 radical (unpaired) electrons. The molecule has 30 heavy (non-hydrogen) atoms. The summed E-state index contributed by atoms with van der Waals surface area (Å²) < 4.78 is 17.9. The third-order valence-corrected chi connectivity index (χ3v) is 6.17. The highest BCUT2D eigenvalue weighted by molar-refractivity contribution is 6.62. The number of carbonyl (C=O) groups is 1. The number of benzene rings is 1.